The average Bonchev–Trinajstić information content (AvgIpc) is 2.69. The molecule has 1 aromatic heterocycles. The minimum absolute atomic E-state index is 0.286. The number of para-hydroxylation sites is 1. The zero-order chi connectivity index (χ0) is 23.1. The number of pyridine rings is 1. The number of nitrogens with zero attached hydrogens (tertiary/aromatic N) is 1. The van der Waals surface area contributed by atoms with E-state index in [-0.39, 0.29) is 5.43 Å². The molecular formula is C23H25BrF3NO3. The summed E-state index contributed by atoms with van der Waals surface area (Å²) in [5.74, 6) is -0.477. The fourth-order valence-electron chi connectivity index (χ4n) is 4.37. The Morgan fingerprint density at radius 1 is 1.19 bits per heavy atom. The molecule has 0 fully saturated rings. The summed E-state index contributed by atoms with van der Waals surface area (Å²) in [4.78, 5) is 12.1. The number of hydrogen-bond acceptors (Lipinski definition) is 3. The highest BCUT2D eigenvalue weighted by atomic mass is 79.9. The van der Waals surface area contributed by atoms with Crippen molar-refractivity contribution in [2.24, 2.45) is 11.3 Å². The second kappa shape index (κ2) is 8.22. The van der Waals surface area contributed by atoms with E-state index in [1.54, 1.807) is 62.4 Å². The monoisotopic (exact) mass is 499 g/mol. The minimum atomic E-state index is -4.90. The Bertz CT molecular complexity index is 1080. The molecule has 3 atom stereocenters. The predicted octanol–water partition coefficient (Wildman–Crippen LogP) is 5.19. The first-order valence-electron chi connectivity index (χ1n) is 9.80. The third-order valence-corrected chi connectivity index (χ3v) is 6.99. The molecule has 1 aromatic carbocycles. The number of fused-ring (bicyclic) bond motifs is 1. The lowest BCUT2D eigenvalue weighted by Gasteiger charge is -2.46. The number of allylic oxidation sites excluding steroid dienone is 2. The number of aromatic nitrogens is 1. The molecule has 0 spiro atoms. The van der Waals surface area contributed by atoms with Crippen LogP contribution in [-0.2, 0) is 11.3 Å². The van der Waals surface area contributed by atoms with Crippen molar-refractivity contribution >= 4 is 26.8 Å². The summed E-state index contributed by atoms with van der Waals surface area (Å²) in [7, 11) is 1.48. The van der Waals surface area contributed by atoms with Gasteiger partial charge in [-0.25, -0.2) is 0 Å². The molecule has 0 saturated carbocycles. The van der Waals surface area contributed by atoms with Crippen LogP contribution >= 0.6 is 15.9 Å². The van der Waals surface area contributed by atoms with E-state index in [1.165, 1.54) is 23.9 Å². The normalized spacial score (nSPS) is 23.8. The highest BCUT2D eigenvalue weighted by Gasteiger charge is 2.58. The molecule has 0 aliphatic heterocycles. The molecule has 1 N–H and O–H groups in total. The van der Waals surface area contributed by atoms with Crippen LogP contribution in [-0.4, -0.2) is 33.1 Å². The summed E-state index contributed by atoms with van der Waals surface area (Å²) < 4.78 is 48.6. The van der Waals surface area contributed by atoms with E-state index >= 15 is 0 Å². The van der Waals surface area contributed by atoms with Crippen molar-refractivity contribution in [3.8, 4) is 0 Å². The van der Waals surface area contributed by atoms with E-state index in [4.69, 9.17) is 4.74 Å². The van der Waals surface area contributed by atoms with Gasteiger partial charge < -0.3 is 14.4 Å². The number of rotatable bonds is 6. The molecule has 0 radical (unpaired) electrons. The lowest BCUT2D eigenvalue weighted by molar-refractivity contribution is -0.276. The molecule has 31 heavy (non-hydrogen) atoms. The maximum Gasteiger partial charge on any atom is 0.418 e. The van der Waals surface area contributed by atoms with Crippen molar-refractivity contribution in [1.82, 2.24) is 4.57 Å². The fraction of sp³-hybridized carbons (Fsp3) is 0.435. The summed E-state index contributed by atoms with van der Waals surface area (Å²) in [5.41, 5.74) is -4.00. The first kappa shape index (κ1) is 23.8. The van der Waals surface area contributed by atoms with Crippen molar-refractivity contribution in [1.29, 1.82) is 0 Å². The van der Waals surface area contributed by atoms with Crippen molar-refractivity contribution < 1.29 is 23.0 Å². The Kier molecular flexibility index (Phi) is 6.30. The molecule has 0 amide bonds. The van der Waals surface area contributed by atoms with Crippen molar-refractivity contribution in [2.75, 3.05) is 7.11 Å². The van der Waals surface area contributed by atoms with Gasteiger partial charge >= 0.3 is 6.18 Å². The first-order chi connectivity index (χ1) is 14.3. The van der Waals surface area contributed by atoms with Crippen molar-refractivity contribution in [3.05, 3.63) is 71.1 Å². The summed E-state index contributed by atoms with van der Waals surface area (Å²) >= 11 is 3.50. The minimum Gasteiger partial charge on any atom is -0.379 e. The van der Waals surface area contributed by atoms with Crippen LogP contribution in [0.25, 0.3) is 10.9 Å². The Morgan fingerprint density at radius 2 is 1.87 bits per heavy atom. The van der Waals surface area contributed by atoms with Gasteiger partial charge in [0.2, 0.25) is 0 Å². The molecule has 4 nitrogen and oxygen atoms in total. The molecule has 0 saturated heterocycles. The molecule has 168 valence electrons. The summed E-state index contributed by atoms with van der Waals surface area (Å²) in [6, 6.07) is 7.64. The summed E-state index contributed by atoms with van der Waals surface area (Å²) in [6.45, 7) is 2.61. The second-order valence-corrected chi connectivity index (χ2v) is 9.88. The van der Waals surface area contributed by atoms with Gasteiger partial charge in [-0.05, 0) is 46.0 Å². The SMILES string of the molecule is COC1(Br)C=CC=CC1C(C)(C)CC(O)(Cn1ccc(=O)c2ccccc21)C(F)(F)F. The summed E-state index contributed by atoms with van der Waals surface area (Å²) in [6.07, 6.45) is 2.85. The highest BCUT2D eigenvalue weighted by Crippen LogP contribution is 2.51. The van der Waals surface area contributed by atoms with Crippen LogP contribution in [0, 0.1) is 11.3 Å². The smallest absolute Gasteiger partial charge is 0.379 e. The van der Waals surface area contributed by atoms with Gasteiger partial charge in [0.05, 0.1) is 12.1 Å². The standard InChI is InChI=1S/C23H25BrF3NO3/c1-20(2,19-10-6-7-12-22(19,24)31-3)14-21(30,23(25,26)27)15-28-13-11-18(29)16-8-4-5-9-17(16)28/h4-13,19,30H,14-15H2,1-3H3. The van der Waals surface area contributed by atoms with Gasteiger partial charge in [0.15, 0.2) is 11.0 Å². The molecule has 3 unspecified atom stereocenters. The van der Waals surface area contributed by atoms with E-state index in [9.17, 15) is 23.1 Å². The van der Waals surface area contributed by atoms with Gasteiger partial charge in [-0.2, -0.15) is 13.2 Å². The van der Waals surface area contributed by atoms with E-state index < -0.39 is 40.6 Å². The number of benzene rings is 1. The Morgan fingerprint density at radius 3 is 2.52 bits per heavy atom. The van der Waals surface area contributed by atoms with E-state index in [0.717, 1.165) is 0 Å². The lowest BCUT2D eigenvalue weighted by atomic mass is 9.67. The van der Waals surface area contributed by atoms with Crippen LogP contribution in [0.4, 0.5) is 13.2 Å². The molecule has 1 aliphatic rings. The van der Waals surface area contributed by atoms with Gasteiger partial charge in [-0.15, -0.1) is 0 Å². The number of halogens is 4. The maximum absolute atomic E-state index is 14.2. The largest absolute Gasteiger partial charge is 0.418 e. The number of aliphatic hydroxyl groups is 1. The Labute approximate surface area is 187 Å². The van der Waals surface area contributed by atoms with Crippen LogP contribution in [0.1, 0.15) is 20.3 Å². The van der Waals surface area contributed by atoms with Crippen LogP contribution in [0.5, 0.6) is 0 Å². The molecule has 1 heterocycles. The van der Waals surface area contributed by atoms with Crippen LogP contribution < -0.4 is 5.43 Å². The van der Waals surface area contributed by atoms with Gasteiger partial charge in [0.25, 0.3) is 0 Å². The quantitative estimate of drug-likeness (QED) is 0.556. The van der Waals surface area contributed by atoms with Crippen molar-refractivity contribution in [2.45, 2.75) is 43.1 Å². The zero-order valence-electron chi connectivity index (χ0n) is 17.5. The molecular weight excluding hydrogens is 475 g/mol. The Balaban J connectivity index is 2.03. The predicted molar refractivity (Wildman–Crippen MR) is 118 cm³/mol. The highest BCUT2D eigenvalue weighted by molar-refractivity contribution is 9.10. The number of methoxy groups -OCH3 is 1. The number of ether oxygens (including phenoxy) is 1. The molecule has 2 aromatic rings. The molecule has 8 heteroatoms. The molecule has 0 bridgehead atoms. The average molecular weight is 500 g/mol. The zero-order valence-corrected chi connectivity index (χ0v) is 19.1. The van der Waals surface area contributed by atoms with Crippen LogP contribution in [0.3, 0.4) is 0 Å². The topological polar surface area (TPSA) is 51.5 Å². The third kappa shape index (κ3) is 4.52. The van der Waals surface area contributed by atoms with Crippen LogP contribution in [0.15, 0.2) is 65.6 Å². The van der Waals surface area contributed by atoms with E-state index in [0.29, 0.717) is 10.9 Å². The van der Waals surface area contributed by atoms with Gasteiger partial charge in [0.1, 0.15) is 4.51 Å². The number of alkyl halides is 4. The molecule has 3 rings (SSSR count). The maximum atomic E-state index is 14.2. The fourth-order valence-corrected chi connectivity index (χ4v) is 5.30. The first-order valence-corrected chi connectivity index (χ1v) is 10.6. The summed E-state index contributed by atoms with van der Waals surface area (Å²) in [5, 5.41) is 11.3. The van der Waals surface area contributed by atoms with E-state index in [2.05, 4.69) is 15.9 Å². The van der Waals surface area contributed by atoms with Gasteiger partial charge in [0, 0.05) is 30.7 Å². The van der Waals surface area contributed by atoms with Crippen LogP contribution in [0.2, 0.25) is 0 Å². The van der Waals surface area contributed by atoms with E-state index in [1.807, 2.05) is 0 Å². The third-order valence-electron chi connectivity index (χ3n) is 5.91. The molecule has 1 aliphatic carbocycles. The Hall–Kier alpha value is -1.90. The van der Waals surface area contributed by atoms with Gasteiger partial charge in [-0.3, -0.25) is 4.79 Å². The second-order valence-electron chi connectivity index (χ2n) is 8.64. The van der Waals surface area contributed by atoms with Gasteiger partial charge in [-0.1, -0.05) is 44.2 Å². The van der Waals surface area contributed by atoms with Crippen molar-refractivity contribution in [3.63, 3.8) is 0 Å². The number of hydrogen-bond donors (Lipinski definition) is 1. The lowest BCUT2D eigenvalue weighted by Crippen LogP contribution is -2.54.